The van der Waals surface area contributed by atoms with Gasteiger partial charge < -0.3 is 11.1 Å². The van der Waals surface area contributed by atoms with Crippen molar-refractivity contribution in [3.8, 4) is 0 Å². The van der Waals surface area contributed by atoms with Crippen LogP contribution in [0.2, 0.25) is 0 Å². The van der Waals surface area contributed by atoms with Crippen LogP contribution >= 0.6 is 0 Å². The summed E-state index contributed by atoms with van der Waals surface area (Å²) in [5.41, 5.74) is 8.90. The first-order valence-corrected chi connectivity index (χ1v) is 6.80. The monoisotopic (exact) mass is 280 g/mol. The van der Waals surface area contributed by atoms with Crippen LogP contribution in [0, 0.1) is 0 Å². The van der Waals surface area contributed by atoms with E-state index < -0.39 is 0 Å². The number of benzene rings is 2. The number of nitrogens with two attached hydrogens (primary N) is 1. The van der Waals surface area contributed by atoms with E-state index in [9.17, 15) is 4.79 Å². The zero-order valence-corrected chi connectivity index (χ0v) is 11.5. The van der Waals surface area contributed by atoms with Gasteiger partial charge in [-0.15, -0.1) is 0 Å². The molecule has 0 unspecified atom stereocenters. The average Bonchev–Trinajstić information content (AvgIpc) is 2.96. The Morgan fingerprint density at radius 2 is 2.00 bits per heavy atom. The van der Waals surface area contributed by atoms with Gasteiger partial charge in [-0.25, -0.2) is 0 Å². The second-order valence-corrected chi connectivity index (χ2v) is 4.86. The first kappa shape index (κ1) is 13.3. The summed E-state index contributed by atoms with van der Waals surface area (Å²) in [7, 11) is 0. The van der Waals surface area contributed by atoms with Crippen LogP contribution in [0.4, 0.5) is 5.69 Å². The summed E-state index contributed by atoms with van der Waals surface area (Å²) in [6.07, 6.45) is 2.56. The van der Waals surface area contributed by atoms with Crippen molar-refractivity contribution < 1.29 is 4.79 Å². The van der Waals surface area contributed by atoms with Crippen molar-refractivity contribution in [1.82, 2.24) is 10.2 Å². The Hall–Kier alpha value is -2.66. The highest BCUT2D eigenvalue weighted by atomic mass is 16.1. The van der Waals surface area contributed by atoms with E-state index in [1.807, 2.05) is 42.5 Å². The molecule has 0 bridgehead atoms. The summed E-state index contributed by atoms with van der Waals surface area (Å²) in [6, 6.07) is 13.1. The third-order valence-electron chi connectivity index (χ3n) is 3.35. The molecule has 0 atom stereocenters. The predicted octanol–water partition coefficient (Wildman–Crippen LogP) is 2.32. The molecule has 3 rings (SSSR count). The summed E-state index contributed by atoms with van der Waals surface area (Å²) in [4.78, 5) is 12.2. The van der Waals surface area contributed by atoms with Gasteiger partial charge in [0.05, 0.1) is 11.7 Å². The first-order valence-electron chi connectivity index (χ1n) is 6.80. The summed E-state index contributed by atoms with van der Waals surface area (Å²) in [6.45, 7) is 0.607. The van der Waals surface area contributed by atoms with Gasteiger partial charge in [0.15, 0.2) is 0 Å². The summed E-state index contributed by atoms with van der Waals surface area (Å²) < 4.78 is 0. The Morgan fingerprint density at radius 3 is 2.76 bits per heavy atom. The van der Waals surface area contributed by atoms with E-state index in [-0.39, 0.29) is 5.91 Å². The van der Waals surface area contributed by atoms with Crippen LogP contribution in [0.5, 0.6) is 0 Å². The predicted molar refractivity (Wildman–Crippen MR) is 83.2 cm³/mol. The maximum absolute atomic E-state index is 12.2. The quantitative estimate of drug-likeness (QED) is 0.685. The molecule has 21 heavy (non-hydrogen) atoms. The number of nitrogens with one attached hydrogen (secondary N) is 2. The van der Waals surface area contributed by atoms with Gasteiger partial charge in [0.2, 0.25) is 0 Å². The van der Waals surface area contributed by atoms with Crippen molar-refractivity contribution in [2.45, 2.75) is 6.42 Å². The fourth-order valence-corrected chi connectivity index (χ4v) is 2.21. The van der Waals surface area contributed by atoms with E-state index in [4.69, 9.17) is 5.73 Å². The highest BCUT2D eigenvalue weighted by Crippen LogP contribution is 2.17. The molecule has 3 aromatic rings. The average molecular weight is 280 g/mol. The molecule has 0 aliphatic heterocycles. The maximum Gasteiger partial charge on any atom is 0.255 e. The van der Waals surface area contributed by atoms with Crippen molar-refractivity contribution >= 4 is 22.5 Å². The molecule has 0 aliphatic rings. The summed E-state index contributed by atoms with van der Waals surface area (Å²) in [5.74, 6) is -0.131. The topological polar surface area (TPSA) is 83.8 Å². The van der Waals surface area contributed by atoms with Gasteiger partial charge in [-0.2, -0.15) is 5.10 Å². The summed E-state index contributed by atoms with van der Waals surface area (Å²) >= 11 is 0. The largest absolute Gasteiger partial charge is 0.330 e. The van der Waals surface area contributed by atoms with Crippen LogP contribution < -0.4 is 11.1 Å². The molecule has 2 aromatic carbocycles. The maximum atomic E-state index is 12.2. The van der Waals surface area contributed by atoms with Gasteiger partial charge in [-0.05, 0) is 48.9 Å². The number of aromatic amines is 1. The van der Waals surface area contributed by atoms with E-state index in [2.05, 4.69) is 15.5 Å². The molecule has 1 aromatic heterocycles. The van der Waals surface area contributed by atoms with Crippen molar-refractivity contribution in [2.24, 2.45) is 5.73 Å². The second-order valence-electron chi connectivity index (χ2n) is 4.86. The fourth-order valence-electron chi connectivity index (χ4n) is 2.21. The molecule has 0 saturated carbocycles. The molecule has 0 saturated heterocycles. The number of rotatable bonds is 4. The number of nitrogens with zero attached hydrogens (tertiary/aromatic N) is 1. The van der Waals surface area contributed by atoms with Crippen LogP contribution in [0.25, 0.3) is 10.9 Å². The lowest BCUT2D eigenvalue weighted by Gasteiger charge is -2.06. The van der Waals surface area contributed by atoms with E-state index in [0.717, 1.165) is 28.6 Å². The lowest BCUT2D eigenvalue weighted by molar-refractivity contribution is 0.102. The zero-order valence-electron chi connectivity index (χ0n) is 11.5. The molecule has 0 spiro atoms. The molecular formula is C16H16N4O. The van der Waals surface area contributed by atoms with Gasteiger partial charge >= 0.3 is 0 Å². The number of fused-ring (bicyclic) bond motifs is 1. The van der Waals surface area contributed by atoms with Crippen LogP contribution in [-0.4, -0.2) is 22.6 Å². The third kappa shape index (κ3) is 2.93. The standard InChI is InChI=1S/C16H16N4O/c17-8-7-11-1-3-12(4-2-11)16(21)19-14-6-5-13-10-18-20-15(13)9-14/h1-6,9-10H,7-8,17H2,(H,18,20)(H,19,21). The highest BCUT2D eigenvalue weighted by Gasteiger charge is 2.07. The van der Waals surface area contributed by atoms with E-state index in [0.29, 0.717) is 12.1 Å². The second kappa shape index (κ2) is 5.76. The fraction of sp³-hybridized carbons (Fsp3) is 0.125. The molecule has 0 fully saturated rings. The number of aromatic nitrogens is 2. The summed E-state index contributed by atoms with van der Waals surface area (Å²) in [5, 5.41) is 10.7. The van der Waals surface area contributed by atoms with Crippen molar-refractivity contribution in [3.05, 3.63) is 59.8 Å². The van der Waals surface area contributed by atoms with E-state index in [1.165, 1.54) is 0 Å². The Bertz CT molecular complexity index is 761. The van der Waals surface area contributed by atoms with Crippen molar-refractivity contribution in [1.29, 1.82) is 0 Å². The lowest BCUT2D eigenvalue weighted by Crippen LogP contribution is -2.12. The molecule has 1 heterocycles. The van der Waals surface area contributed by atoms with Crippen LogP contribution in [0.3, 0.4) is 0 Å². The van der Waals surface area contributed by atoms with E-state index >= 15 is 0 Å². The minimum Gasteiger partial charge on any atom is -0.330 e. The van der Waals surface area contributed by atoms with Crippen molar-refractivity contribution in [2.75, 3.05) is 11.9 Å². The Kier molecular flexibility index (Phi) is 3.66. The number of hydrogen-bond donors (Lipinski definition) is 3. The van der Waals surface area contributed by atoms with Gasteiger partial charge in [-0.3, -0.25) is 9.89 Å². The van der Waals surface area contributed by atoms with Gasteiger partial charge in [-0.1, -0.05) is 12.1 Å². The molecule has 5 heteroatoms. The molecule has 0 aliphatic carbocycles. The number of hydrogen-bond acceptors (Lipinski definition) is 3. The van der Waals surface area contributed by atoms with Gasteiger partial charge in [0.1, 0.15) is 0 Å². The Balaban J connectivity index is 1.75. The first-order chi connectivity index (χ1) is 10.3. The molecule has 1 amide bonds. The highest BCUT2D eigenvalue weighted by molar-refractivity contribution is 6.05. The third-order valence-corrected chi connectivity index (χ3v) is 3.35. The zero-order chi connectivity index (χ0) is 14.7. The van der Waals surface area contributed by atoms with Gasteiger partial charge in [0, 0.05) is 16.6 Å². The minimum atomic E-state index is -0.131. The number of carbonyl (C=O) groups excluding carboxylic acids is 1. The number of carbonyl (C=O) groups is 1. The smallest absolute Gasteiger partial charge is 0.255 e. The van der Waals surface area contributed by atoms with Crippen LogP contribution in [0.1, 0.15) is 15.9 Å². The van der Waals surface area contributed by atoms with Crippen LogP contribution in [0.15, 0.2) is 48.7 Å². The minimum absolute atomic E-state index is 0.131. The van der Waals surface area contributed by atoms with Crippen LogP contribution in [-0.2, 0) is 6.42 Å². The molecular weight excluding hydrogens is 264 g/mol. The Labute approximate surface area is 122 Å². The molecule has 5 nitrogen and oxygen atoms in total. The van der Waals surface area contributed by atoms with Gasteiger partial charge in [0.25, 0.3) is 5.91 Å². The van der Waals surface area contributed by atoms with Crippen molar-refractivity contribution in [3.63, 3.8) is 0 Å². The SMILES string of the molecule is NCCc1ccc(C(=O)Nc2ccc3cn[nH]c3c2)cc1. The molecule has 4 N–H and O–H groups in total. The van der Waals surface area contributed by atoms with E-state index in [1.54, 1.807) is 6.20 Å². The number of anilines is 1. The molecule has 106 valence electrons. The lowest BCUT2D eigenvalue weighted by atomic mass is 10.1. The molecule has 0 radical (unpaired) electrons. The number of amides is 1. The number of H-pyrrole nitrogens is 1. The Morgan fingerprint density at radius 1 is 1.19 bits per heavy atom. The normalized spacial score (nSPS) is 10.7.